The number of nitrogens with two attached hydrogens (primary N) is 1. The van der Waals surface area contributed by atoms with Gasteiger partial charge in [-0.3, -0.25) is 14.7 Å². The molecule has 12 nitrogen and oxygen atoms in total. The van der Waals surface area contributed by atoms with Crippen LogP contribution in [-0.2, 0) is 4.74 Å². The Morgan fingerprint density at radius 1 is 0.978 bits per heavy atom. The predicted molar refractivity (Wildman–Crippen MR) is 180 cm³/mol. The van der Waals surface area contributed by atoms with Crippen LogP contribution in [0, 0.1) is 5.41 Å². The molecule has 6 heterocycles. The summed E-state index contributed by atoms with van der Waals surface area (Å²) in [4.78, 5) is 37.8. The molecule has 0 unspecified atom stereocenters. The summed E-state index contributed by atoms with van der Waals surface area (Å²) in [5.74, 6) is 0.281. The number of benzene rings is 1. The van der Waals surface area contributed by atoms with Crippen LogP contribution in [0.4, 0.5) is 23.0 Å². The van der Waals surface area contributed by atoms with Gasteiger partial charge < -0.3 is 35.9 Å². The summed E-state index contributed by atoms with van der Waals surface area (Å²) in [7, 11) is 2.21. The number of aromatic nitrogens is 4. The number of rotatable bonds is 8. The molecular formula is C34H42N10O2. The van der Waals surface area contributed by atoms with E-state index in [0.717, 1.165) is 74.4 Å². The lowest BCUT2D eigenvalue weighted by Gasteiger charge is -2.53. The van der Waals surface area contributed by atoms with E-state index < -0.39 is 5.91 Å². The number of carbonyl (C=O) groups is 1. The van der Waals surface area contributed by atoms with Crippen molar-refractivity contribution in [1.82, 2.24) is 29.7 Å². The molecule has 46 heavy (non-hydrogen) atoms. The first-order valence-electron chi connectivity index (χ1n) is 16.5. The smallest absolute Gasteiger partial charge is 0.271 e. The van der Waals surface area contributed by atoms with Crippen LogP contribution in [0.2, 0.25) is 0 Å². The van der Waals surface area contributed by atoms with Gasteiger partial charge in [-0.05, 0) is 63.1 Å². The Morgan fingerprint density at radius 3 is 2.43 bits per heavy atom. The molecule has 1 saturated carbocycles. The number of piperidine rings is 1. The van der Waals surface area contributed by atoms with E-state index in [1.54, 1.807) is 12.4 Å². The van der Waals surface area contributed by atoms with Crippen molar-refractivity contribution in [3.8, 4) is 11.3 Å². The fraction of sp³-hybridized carbons (Fsp3) is 0.471. The second-order valence-corrected chi connectivity index (χ2v) is 13.6. The highest BCUT2D eigenvalue weighted by Crippen LogP contribution is 2.48. The molecular weight excluding hydrogens is 580 g/mol. The molecule has 4 fully saturated rings. The van der Waals surface area contributed by atoms with E-state index in [4.69, 9.17) is 20.4 Å². The first-order chi connectivity index (χ1) is 22.4. The van der Waals surface area contributed by atoms with Crippen molar-refractivity contribution in [2.45, 2.75) is 37.8 Å². The highest BCUT2D eigenvalue weighted by Gasteiger charge is 2.50. The largest absolute Gasteiger partial charge is 0.380 e. The Bertz CT molecular complexity index is 1710. The van der Waals surface area contributed by atoms with Crippen LogP contribution in [0.25, 0.3) is 22.2 Å². The number of primary amides is 1. The fourth-order valence-corrected chi connectivity index (χ4v) is 7.63. The van der Waals surface area contributed by atoms with Gasteiger partial charge in [0.05, 0.1) is 24.9 Å². The third-order valence-corrected chi connectivity index (χ3v) is 10.4. The molecule has 5 N–H and O–H groups in total. The highest BCUT2D eigenvalue weighted by molar-refractivity contribution is 6.00. The first-order valence-corrected chi connectivity index (χ1v) is 16.5. The molecule has 4 aromatic rings. The zero-order chi connectivity index (χ0) is 31.3. The molecule has 1 aromatic carbocycles. The summed E-state index contributed by atoms with van der Waals surface area (Å²) >= 11 is 0. The van der Waals surface area contributed by atoms with Crippen LogP contribution in [0.5, 0.6) is 0 Å². The number of fused-ring (bicyclic) bond motifs is 1. The van der Waals surface area contributed by atoms with Gasteiger partial charge >= 0.3 is 0 Å². The molecule has 1 amide bonds. The Kier molecular flexibility index (Phi) is 7.50. The summed E-state index contributed by atoms with van der Waals surface area (Å²) < 4.78 is 5.48. The number of amides is 1. The topological polar surface area (TPSA) is 141 Å². The van der Waals surface area contributed by atoms with Crippen molar-refractivity contribution in [2.75, 3.05) is 75.1 Å². The average Bonchev–Trinajstić information content (AvgIpc) is 3.52. The number of likely N-dealkylation sites (N-methyl/N-ethyl adjacent to an activating group) is 1. The second kappa shape index (κ2) is 11.8. The molecule has 0 radical (unpaired) electrons. The Labute approximate surface area is 268 Å². The molecule has 0 atom stereocenters. The maximum atomic E-state index is 12.8. The fourth-order valence-electron chi connectivity index (χ4n) is 7.63. The highest BCUT2D eigenvalue weighted by atomic mass is 16.5. The van der Waals surface area contributed by atoms with Crippen molar-refractivity contribution in [3.05, 3.63) is 54.6 Å². The van der Waals surface area contributed by atoms with Gasteiger partial charge in [-0.1, -0.05) is 0 Å². The minimum Gasteiger partial charge on any atom is -0.380 e. The van der Waals surface area contributed by atoms with E-state index in [2.05, 4.69) is 54.5 Å². The molecule has 0 bridgehead atoms. The summed E-state index contributed by atoms with van der Waals surface area (Å²) in [6.07, 6.45) is 9.79. The SMILES string of the molecule is CN1CCN(C2CCN(c3ccc(Nc4nc(NC5CC6(COC6)C5)c(-c5cncc6[nH]ccc56)nc4C(N)=O)cc3)CC2)CC1. The van der Waals surface area contributed by atoms with Crippen molar-refractivity contribution in [2.24, 2.45) is 11.1 Å². The number of pyridine rings is 1. The Hall–Kier alpha value is -4.26. The van der Waals surface area contributed by atoms with Crippen LogP contribution in [0.15, 0.2) is 48.9 Å². The van der Waals surface area contributed by atoms with E-state index >= 15 is 0 Å². The standard InChI is InChI=1S/C34H42N10O2/c1-42-12-14-44(15-13-42)25-7-10-43(11-8-25)24-4-2-22(3-5-24)38-33-30(31(35)45)40-29(27-18-36-19-28-26(27)6-9-37-28)32(41-33)39-23-16-34(17-23)20-46-21-34/h2-6,9,18-19,23,25,37H,7-8,10-17,20-21H2,1H3,(H2,35,45)(H2,38,39,41). The lowest BCUT2D eigenvalue weighted by molar-refractivity contribution is -0.159. The van der Waals surface area contributed by atoms with Crippen molar-refractivity contribution in [1.29, 1.82) is 0 Å². The number of H-pyrrole nitrogens is 1. The zero-order valence-corrected chi connectivity index (χ0v) is 26.3. The number of nitrogens with one attached hydrogen (secondary N) is 3. The number of anilines is 4. The van der Waals surface area contributed by atoms with Crippen molar-refractivity contribution < 1.29 is 9.53 Å². The van der Waals surface area contributed by atoms with Gasteiger partial charge in [0.2, 0.25) is 0 Å². The number of nitrogens with zero attached hydrogens (tertiary/aromatic N) is 6. The van der Waals surface area contributed by atoms with E-state index in [9.17, 15) is 4.79 Å². The molecule has 3 saturated heterocycles. The van der Waals surface area contributed by atoms with Gasteiger partial charge in [-0.15, -0.1) is 0 Å². The molecule has 240 valence electrons. The maximum absolute atomic E-state index is 12.8. The van der Waals surface area contributed by atoms with Crippen LogP contribution < -0.4 is 21.3 Å². The van der Waals surface area contributed by atoms with Crippen molar-refractivity contribution >= 4 is 39.8 Å². The average molecular weight is 623 g/mol. The lowest BCUT2D eigenvalue weighted by atomic mass is 9.64. The third kappa shape index (κ3) is 5.54. The van der Waals surface area contributed by atoms with Gasteiger partial charge in [-0.2, -0.15) is 0 Å². The zero-order valence-electron chi connectivity index (χ0n) is 26.3. The number of hydrogen-bond acceptors (Lipinski definition) is 10. The Balaban J connectivity index is 1.03. The van der Waals surface area contributed by atoms with Gasteiger partial charge in [0.25, 0.3) is 5.91 Å². The monoisotopic (exact) mass is 622 g/mol. The second-order valence-electron chi connectivity index (χ2n) is 13.6. The summed E-state index contributed by atoms with van der Waals surface area (Å²) in [6.45, 7) is 8.39. The van der Waals surface area contributed by atoms with Gasteiger partial charge in [0.15, 0.2) is 17.3 Å². The van der Waals surface area contributed by atoms with Crippen LogP contribution in [-0.4, -0.2) is 107 Å². The number of ether oxygens (including phenoxy) is 1. The predicted octanol–water partition coefficient (Wildman–Crippen LogP) is 3.67. The van der Waals surface area contributed by atoms with Gasteiger partial charge in [0.1, 0.15) is 5.69 Å². The Morgan fingerprint density at radius 2 is 1.74 bits per heavy atom. The molecule has 3 aliphatic heterocycles. The number of aromatic amines is 1. The molecule has 8 rings (SSSR count). The maximum Gasteiger partial charge on any atom is 0.271 e. The third-order valence-electron chi connectivity index (χ3n) is 10.4. The molecule has 4 aliphatic rings. The van der Waals surface area contributed by atoms with Crippen molar-refractivity contribution in [3.63, 3.8) is 0 Å². The van der Waals surface area contributed by atoms with Gasteiger partial charge in [-0.25, -0.2) is 9.97 Å². The number of carbonyl (C=O) groups excluding carboxylic acids is 1. The van der Waals surface area contributed by atoms with Crippen LogP contribution in [0.1, 0.15) is 36.2 Å². The molecule has 12 heteroatoms. The molecule has 1 aliphatic carbocycles. The minimum absolute atomic E-state index is 0.0839. The van der Waals surface area contributed by atoms with E-state index in [1.807, 2.05) is 24.4 Å². The summed E-state index contributed by atoms with van der Waals surface area (Å²) in [5, 5.41) is 7.93. The molecule has 1 spiro atoms. The summed E-state index contributed by atoms with van der Waals surface area (Å²) in [6, 6.07) is 11.2. The van der Waals surface area contributed by atoms with E-state index in [0.29, 0.717) is 23.4 Å². The number of piperazine rings is 1. The number of hydrogen-bond donors (Lipinski definition) is 4. The van der Waals surface area contributed by atoms with Crippen LogP contribution in [0.3, 0.4) is 0 Å². The minimum atomic E-state index is -0.647. The summed E-state index contributed by atoms with van der Waals surface area (Å²) in [5.41, 5.74) is 10.5. The van der Waals surface area contributed by atoms with E-state index in [-0.39, 0.29) is 17.2 Å². The quantitative estimate of drug-likeness (QED) is 0.230. The van der Waals surface area contributed by atoms with Gasteiger partial charge in [0, 0.05) is 91.5 Å². The van der Waals surface area contributed by atoms with Crippen LogP contribution >= 0.6 is 0 Å². The first kappa shape index (κ1) is 29.2. The lowest BCUT2D eigenvalue weighted by Crippen LogP contribution is -2.56. The van der Waals surface area contributed by atoms with E-state index in [1.165, 1.54) is 31.6 Å². The normalized spacial score (nSPS) is 20.8. The molecule has 3 aromatic heterocycles.